The van der Waals surface area contributed by atoms with Crippen molar-refractivity contribution < 1.29 is 4.79 Å². The largest absolute Gasteiger partial charge is 0.322 e. The fourth-order valence-electron chi connectivity index (χ4n) is 3.58. The number of thioether (sulfide) groups is 1. The Kier molecular flexibility index (Phi) is 5.12. The normalized spacial score (nSPS) is 15.2. The maximum Gasteiger partial charge on any atom is 0.256 e. The standard InChI is InChI=1S/C24H21NOS/c1-27-23-12-5-4-10-22(23)24(26)25-19-15-13-18(14-16-19)21-11-6-8-17-7-2-3-9-20(17)21/h2-10,12-16,21H,11H2,1H3,(H,25,26). The number of benzene rings is 3. The van der Waals surface area contributed by atoms with Crippen molar-refractivity contribution in [2.75, 3.05) is 11.6 Å². The minimum atomic E-state index is -0.0707. The molecule has 1 N–H and O–H groups in total. The van der Waals surface area contributed by atoms with E-state index in [4.69, 9.17) is 0 Å². The Bertz CT molecular complexity index is 991. The smallest absolute Gasteiger partial charge is 0.256 e. The molecule has 134 valence electrons. The Morgan fingerprint density at radius 3 is 2.52 bits per heavy atom. The van der Waals surface area contributed by atoms with E-state index in [1.807, 2.05) is 42.7 Å². The maximum atomic E-state index is 12.6. The zero-order valence-corrected chi connectivity index (χ0v) is 16.0. The second-order valence-corrected chi connectivity index (χ2v) is 7.44. The molecule has 1 aliphatic rings. The van der Waals surface area contributed by atoms with E-state index in [0.29, 0.717) is 11.5 Å². The molecule has 0 bridgehead atoms. The summed E-state index contributed by atoms with van der Waals surface area (Å²) in [7, 11) is 0. The third kappa shape index (κ3) is 3.69. The zero-order chi connectivity index (χ0) is 18.6. The first-order valence-electron chi connectivity index (χ1n) is 9.06. The Morgan fingerprint density at radius 2 is 1.70 bits per heavy atom. The summed E-state index contributed by atoms with van der Waals surface area (Å²) in [6, 6.07) is 24.5. The van der Waals surface area contributed by atoms with Crippen molar-refractivity contribution in [2.24, 2.45) is 0 Å². The minimum absolute atomic E-state index is 0.0707. The predicted octanol–water partition coefficient (Wildman–Crippen LogP) is 6.21. The minimum Gasteiger partial charge on any atom is -0.322 e. The molecule has 27 heavy (non-hydrogen) atoms. The van der Waals surface area contributed by atoms with Gasteiger partial charge in [-0.25, -0.2) is 0 Å². The number of allylic oxidation sites excluding steroid dienone is 1. The monoisotopic (exact) mass is 371 g/mol. The molecular formula is C24H21NOS. The first kappa shape index (κ1) is 17.6. The van der Waals surface area contributed by atoms with Gasteiger partial charge in [0.2, 0.25) is 0 Å². The van der Waals surface area contributed by atoms with Gasteiger partial charge < -0.3 is 5.32 Å². The van der Waals surface area contributed by atoms with Crippen LogP contribution in [0.3, 0.4) is 0 Å². The highest BCUT2D eigenvalue weighted by molar-refractivity contribution is 7.98. The Hall–Kier alpha value is -2.78. The number of hydrogen-bond donors (Lipinski definition) is 1. The van der Waals surface area contributed by atoms with Crippen molar-refractivity contribution in [2.45, 2.75) is 17.2 Å². The molecule has 0 heterocycles. The van der Waals surface area contributed by atoms with Gasteiger partial charge in [0.25, 0.3) is 5.91 Å². The van der Waals surface area contributed by atoms with Crippen LogP contribution in [0.4, 0.5) is 5.69 Å². The quantitative estimate of drug-likeness (QED) is 0.552. The fraction of sp³-hybridized carbons (Fsp3) is 0.125. The van der Waals surface area contributed by atoms with Gasteiger partial charge in [-0.3, -0.25) is 4.79 Å². The zero-order valence-electron chi connectivity index (χ0n) is 15.2. The summed E-state index contributed by atoms with van der Waals surface area (Å²) in [6.07, 6.45) is 7.42. The molecule has 0 aliphatic heterocycles. The topological polar surface area (TPSA) is 29.1 Å². The van der Waals surface area contributed by atoms with Gasteiger partial charge in [0.05, 0.1) is 5.56 Å². The van der Waals surface area contributed by atoms with Gasteiger partial charge in [-0.05, 0) is 53.6 Å². The van der Waals surface area contributed by atoms with E-state index >= 15 is 0 Å². The molecular weight excluding hydrogens is 350 g/mol. The summed E-state index contributed by atoms with van der Waals surface area (Å²) < 4.78 is 0. The molecule has 0 spiro atoms. The summed E-state index contributed by atoms with van der Waals surface area (Å²) >= 11 is 1.58. The number of amides is 1. The van der Waals surface area contributed by atoms with Crippen LogP contribution >= 0.6 is 11.8 Å². The van der Waals surface area contributed by atoms with Crippen molar-refractivity contribution in [3.05, 3.63) is 101 Å². The lowest BCUT2D eigenvalue weighted by Gasteiger charge is -2.22. The number of rotatable bonds is 4. The lowest BCUT2D eigenvalue weighted by atomic mass is 9.82. The van der Waals surface area contributed by atoms with Gasteiger partial charge in [-0.15, -0.1) is 11.8 Å². The van der Waals surface area contributed by atoms with Crippen LogP contribution in [0, 0.1) is 0 Å². The van der Waals surface area contributed by atoms with Crippen molar-refractivity contribution >= 4 is 29.4 Å². The van der Waals surface area contributed by atoms with Gasteiger partial charge in [-0.1, -0.05) is 60.7 Å². The van der Waals surface area contributed by atoms with E-state index in [9.17, 15) is 4.79 Å². The molecule has 3 aromatic carbocycles. The van der Waals surface area contributed by atoms with Gasteiger partial charge in [0.15, 0.2) is 0 Å². The van der Waals surface area contributed by atoms with Gasteiger partial charge in [0.1, 0.15) is 0 Å². The van der Waals surface area contributed by atoms with E-state index in [2.05, 4.69) is 53.9 Å². The highest BCUT2D eigenvalue weighted by Gasteiger charge is 2.18. The molecule has 3 heteroatoms. The number of hydrogen-bond acceptors (Lipinski definition) is 2. The molecule has 0 saturated carbocycles. The number of nitrogens with one attached hydrogen (secondary N) is 1. The summed E-state index contributed by atoms with van der Waals surface area (Å²) in [6.45, 7) is 0. The molecule has 0 radical (unpaired) electrons. The van der Waals surface area contributed by atoms with Gasteiger partial charge in [0, 0.05) is 16.5 Å². The van der Waals surface area contributed by atoms with Crippen LogP contribution in [-0.4, -0.2) is 12.2 Å². The van der Waals surface area contributed by atoms with Crippen molar-refractivity contribution in [3.63, 3.8) is 0 Å². The average Bonchev–Trinajstić information content (AvgIpc) is 2.74. The number of anilines is 1. The number of carbonyl (C=O) groups is 1. The molecule has 4 rings (SSSR count). The van der Waals surface area contributed by atoms with Crippen LogP contribution in [0.2, 0.25) is 0 Å². The Morgan fingerprint density at radius 1 is 0.963 bits per heavy atom. The van der Waals surface area contributed by atoms with Gasteiger partial charge in [-0.2, -0.15) is 0 Å². The molecule has 3 aromatic rings. The molecule has 1 atom stereocenters. The highest BCUT2D eigenvalue weighted by atomic mass is 32.2. The van der Waals surface area contributed by atoms with Crippen molar-refractivity contribution in [1.82, 2.24) is 0 Å². The number of fused-ring (bicyclic) bond motifs is 1. The van der Waals surface area contributed by atoms with Crippen LogP contribution < -0.4 is 5.32 Å². The third-order valence-electron chi connectivity index (χ3n) is 4.96. The molecule has 2 nitrogen and oxygen atoms in total. The lowest BCUT2D eigenvalue weighted by molar-refractivity contribution is 0.102. The van der Waals surface area contributed by atoms with Crippen LogP contribution in [0.5, 0.6) is 0 Å². The summed E-state index contributed by atoms with van der Waals surface area (Å²) in [5, 5.41) is 3.02. The van der Waals surface area contributed by atoms with E-state index in [1.165, 1.54) is 16.7 Å². The van der Waals surface area contributed by atoms with E-state index in [0.717, 1.165) is 17.0 Å². The fourth-order valence-corrected chi connectivity index (χ4v) is 4.18. The third-order valence-corrected chi connectivity index (χ3v) is 5.76. The number of carbonyl (C=O) groups excluding carboxylic acids is 1. The molecule has 1 aliphatic carbocycles. The Labute approximate surface area is 164 Å². The molecule has 0 saturated heterocycles. The van der Waals surface area contributed by atoms with Crippen LogP contribution in [0.25, 0.3) is 6.08 Å². The van der Waals surface area contributed by atoms with Crippen molar-refractivity contribution in [1.29, 1.82) is 0 Å². The summed E-state index contributed by atoms with van der Waals surface area (Å²) in [5.41, 5.74) is 5.46. The molecule has 0 fully saturated rings. The van der Waals surface area contributed by atoms with Gasteiger partial charge >= 0.3 is 0 Å². The van der Waals surface area contributed by atoms with E-state index < -0.39 is 0 Å². The molecule has 0 aromatic heterocycles. The highest BCUT2D eigenvalue weighted by Crippen LogP contribution is 2.35. The molecule has 1 unspecified atom stereocenters. The maximum absolute atomic E-state index is 12.6. The van der Waals surface area contributed by atoms with Crippen LogP contribution in [0.15, 0.2) is 83.8 Å². The summed E-state index contributed by atoms with van der Waals surface area (Å²) in [4.78, 5) is 13.6. The molecule has 1 amide bonds. The second-order valence-electron chi connectivity index (χ2n) is 6.60. The second kappa shape index (κ2) is 7.85. The van der Waals surface area contributed by atoms with Crippen LogP contribution in [-0.2, 0) is 0 Å². The first-order valence-corrected chi connectivity index (χ1v) is 10.3. The SMILES string of the molecule is CSc1ccccc1C(=O)Nc1ccc(C2CC=Cc3ccccc32)cc1. The first-order chi connectivity index (χ1) is 13.3. The summed E-state index contributed by atoms with van der Waals surface area (Å²) in [5.74, 6) is 0.298. The predicted molar refractivity (Wildman–Crippen MR) is 115 cm³/mol. The van der Waals surface area contributed by atoms with E-state index in [-0.39, 0.29) is 5.91 Å². The van der Waals surface area contributed by atoms with Crippen LogP contribution in [0.1, 0.15) is 39.4 Å². The van der Waals surface area contributed by atoms with Crippen molar-refractivity contribution in [3.8, 4) is 0 Å². The lowest BCUT2D eigenvalue weighted by Crippen LogP contribution is -2.13. The van der Waals surface area contributed by atoms with E-state index in [1.54, 1.807) is 11.8 Å². The Balaban J connectivity index is 1.53. The average molecular weight is 372 g/mol.